The SMILES string of the molecule is CCOC(=O)c1cn2c(cc1=O)/C(=c1\cccc(OC3CCOC3)\c1=C(/C)CC)N(C)CC2C(C)(C)C. The van der Waals surface area contributed by atoms with Gasteiger partial charge in [0.2, 0.25) is 0 Å². The summed E-state index contributed by atoms with van der Waals surface area (Å²) in [7, 11) is 2.07. The zero-order valence-corrected chi connectivity index (χ0v) is 23.2. The predicted molar refractivity (Wildman–Crippen MR) is 145 cm³/mol. The summed E-state index contributed by atoms with van der Waals surface area (Å²) in [4.78, 5) is 28.1. The molecule has 2 aliphatic rings. The molecule has 2 aromatic rings. The molecule has 0 N–H and O–H groups in total. The second-order valence-electron chi connectivity index (χ2n) is 11.1. The van der Waals surface area contributed by atoms with Gasteiger partial charge in [-0.2, -0.15) is 0 Å². The molecule has 0 spiro atoms. The van der Waals surface area contributed by atoms with Crippen molar-refractivity contribution in [1.82, 2.24) is 9.47 Å². The third-order valence-electron chi connectivity index (χ3n) is 7.40. The first kappa shape index (κ1) is 27.0. The number of rotatable bonds is 5. The van der Waals surface area contributed by atoms with Gasteiger partial charge in [0.1, 0.15) is 17.4 Å². The van der Waals surface area contributed by atoms with Crippen LogP contribution in [0.1, 0.15) is 76.5 Å². The molecule has 4 rings (SSSR count). The van der Waals surface area contributed by atoms with E-state index in [0.717, 1.165) is 47.0 Å². The average molecular weight is 509 g/mol. The third-order valence-corrected chi connectivity index (χ3v) is 7.40. The van der Waals surface area contributed by atoms with E-state index in [1.807, 2.05) is 12.1 Å². The van der Waals surface area contributed by atoms with Gasteiger partial charge in [0, 0.05) is 42.7 Å². The van der Waals surface area contributed by atoms with E-state index in [0.29, 0.717) is 13.2 Å². The number of hydrogen-bond donors (Lipinski definition) is 0. The van der Waals surface area contributed by atoms with Crippen LogP contribution in [-0.2, 0) is 9.47 Å². The Morgan fingerprint density at radius 1 is 1.22 bits per heavy atom. The van der Waals surface area contributed by atoms with Crippen LogP contribution in [-0.4, -0.2) is 55.0 Å². The second-order valence-corrected chi connectivity index (χ2v) is 11.1. The van der Waals surface area contributed by atoms with Crippen molar-refractivity contribution in [2.24, 2.45) is 5.41 Å². The largest absolute Gasteiger partial charge is 0.487 e. The standard InChI is InChI=1S/C30H40N2O5/c1-8-19(3)27-21(11-10-12-25(27)37-20-13-14-35-18-20)28-23-15-24(33)22(29(34)36-9-2)16-32(23)26(17-31(28)7)30(4,5)6/h10-12,15-16,20,26H,8-9,13-14,17-18H2,1-7H3/b27-19+,28-21-. The normalized spacial score (nSPS) is 22.0. The van der Waals surface area contributed by atoms with E-state index in [-0.39, 0.29) is 35.2 Å². The van der Waals surface area contributed by atoms with Gasteiger partial charge in [-0.1, -0.05) is 45.4 Å². The molecule has 0 bridgehead atoms. The van der Waals surface area contributed by atoms with Crippen molar-refractivity contribution in [1.29, 1.82) is 0 Å². The molecule has 2 atom stereocenters. The van der Waals surface area contributed by atoms with Crippen LogP contribution in [0.15, 0.2) is 35.3 Å². The first-order chi connectivity index (χ1) is 17.6. The fourth-order valence-electron chi connectivity index (χ4n) is 5.26. The number of aromatic nitrogens is 1. The minimum absolute atomic E-state index is 0.0278. The Bertz CT molecular complexity index is 1350. The quantitative estimate of drug-likeness (QED) is 0.576. The van der Waals surface area contributed by atoms with E-state index < -0.39 is 5.97 Å². The number of nitrogens with zero attached hydrogens (tertiary/aromatic N) is 2. The van der Waals surface area contributed by atoms with Crippen LogP contribution in [0.25, 0.3) is 11.3 Å². The molecule has 3 heterocycles. The zero-order chi connectivity index (χ0) is 26.9. The van der Waals surface area contributed by atoms with Gasteiger partial charge >= 0.3 is 5.97 Å². The molecule has 0 amide bonds. The monoisotopic (exact) mass is 508 g/mol. The summed E-state index contributed by atoms with van der Waals surface area (Å²) in [5.74, 6) is 0.254. The van der Waals surface area contributed by atoms with E-state index in [9.17, 15) is 9.59 Å². The third kappa shape index (κ3) is 5.33. The molecule has 200 valence electrons. The van der Waals surface area contributed by atoms with Gasteiger partial charge in [-0.15, -0.1) is 0 Å². The fourth-order valence-corrected chi connectivity index (χ4v) is 5.26. The van der Waals surface area contributed by atoms with Crippen LogP contribution in [0.5, 0.6) is 5.75 Å². The summed E-state index contributed by atoms with van der Waals surface area (Å²) >= 11 is 0. The van der Waals surface area contributed by atoms with Crippen molar-refractivity contribution in [3.8, 4) is 5.75 Å². The molecule has 7 heteroatoms. The summed E-state index contributed by atoms with van der Waals surface area (Å²) in [6.07, 6.45) is 3.46. The molecule has 7 nitrogen and oxygen atoms in total. The number of hydrogen-bond acceptors (Lipinski definition) is 6. The molecule has 1 aromatic carbocycles. The topological polar surface area (TPSA) is 70.0 Å². The van der Waals surface area contributed by atoms with Crippen molar-refractivity contribution in [2.45, 2.75) is 66.5 Å². The molecule has 2 aliphatic heterocycles. The van der Waals surface area contributed by atoms with Gasteiger partial charge in [0.15, 0.2) is 5.43 Å². The number of fused-ring (bicyclic) bond motifs is 1. The number of pyridine rings is 1. The molecule has 0 aliphatic carbocycles. The fraction of sp³-hybridized carbons (Fsp3) is 0.533. The van der Waals surface area contributed by atoms with E-state index in [4.69, 9.17) is 14.2 Å². The van der Waals surface area contributed by atoms with Crippen molar-refractivity contribution in [2.75, 3.05) is 33.4 Å². The minimum atomic E-state index is -0.582. The summed E-state index contributed by atoms with van der Waals surface area (Å²) in [5.41, 5.74) is 2.57. The first-order valence-corrected chi connectivity index (χ1v) is 13.3. The Labute approximate surface area is 219 Å². The Hall–Kier alpha value is -3.06. The van der Waals surface area contributed by atoms with Crippen LogP contribution < -0.4 is 20.6 Å². The van der Waals surface area contributed by atoms with Gasteiger partial charge in [0.05, 0.1) is 37.3 Å². The van der Waals surface area contributed by atoms with Crippen molar-refractivity contribution >= 4 is 17.2 Å². The van der Waals surface area contributed by atoms with Crippen molar-refractivity contribution in [3.05, 3.63) is 62.4 Å². The lowest BCUT2D eigenvalue weighted by Crippen LogP contribution is -2.46. The van der Waals surface area contributed by atoms with E-state index in [1.165, 1.54) is 5.57 Å². The maximum absolute atomic E-state index is 13.2. The highest BCUT2D eigenvalue weighted by Gasteiger charge is 2.35. The van der Waals surface area contributed by atoms with Gasteiger partial charge in [-0.3, -0.25) is 4.79 Å². The lowest BCUT2D eigenvalue weighted by atomic mass is 9.84. The van der Waals surface area contributed by atoms with Crippen LogP contribution in [0, 0.1) is 5.41 Å². The van der Waals surface area contributed by atoms with Crippen molar-refractivity contribution in [3.63, 3.8) is 0 Å². The van der Waals surface area contributed by atoms with Gasteiger partial charge < -0.3 is 23.7 Å². The second kappa shape index (κ2) is 10.7. The Balaban J connectivity index is 2.06. The number of carbonyl (C=O) groups excluding carboxylic acids is 1. The summed E-state index contributed by atoms with van der Waals surface area (Å²) in [6, 6.07) is 7.77. The molecular weight excluding hydrogens is 468 g/mol. The van der Waals surface area contributed by atoms with E-state index >= 15 is 0 Å². The Kier molecular flexibility index (Phi) is 7.83. The Morgan fingerprint density at radius 2 is 1.97 bits per heavy atom. The zero-order valence-electron chi connectivity index (χ0n) is 23.2. The van der Waals surface area contributed by atoms with Crippen LogP contribution in [0.4, 0.5) is 0 Å². The van der Waals surface area contributed by atoms with Crippen molar-refractivity contribution < 1.29 is 19.0 Å². The van der Waals surface area contributed by atoms with Crippen LogP contribution >= 0.6 is 0 Å². The highest BCUT2D eigenvalue weighted by atomic mass is 16.5. The number of likely N-dealkylation sites (N-methyl/N-ethyl adjacent to an activating group) is 1. The number of carbonyl (C=O) groups is 1. The average Bonchev–Trinajstić information content (AvgIpc) is 3.35. The maximum atomic E-state index is 13.2. The first-order valence-electron chi connectivity index (χ1n) is 13.3. The smallest absolute Gasteiger partial charge is 0.343 e. The summed E-state index contributed by atoms with van der Waals surface area (Å²) in [5, 5.41) is 2.07. The molecule has 1 fully saturated rings. The lowest BCUT2D eigenvalue weighted by molar-refractivity contribution is 0.0522. The van der Waals surface area contributed by atoms with E-state index in [2.05, 4.69) is 57.2 Å². The van der Waals surface area contributed by atoms with Crippen LogP contribution in [0.2, 0.25) is 0 Å². The number of esters is 1. The molecule has 0 radical (unpaired) electrons. The molecule has 37 heavy (non-hydrogen) atoms. The number of benzene rings is 1. The molecule has 1 aromatic heterocycles. The summed E-state index contributed by atoms with van der Waals surface area (Å²) < 4.78 is 19.3. The van der Waals surface area contributed by atoms with Crippen LogP contribution in [0.3, 0.4) is 0 Å². The highest BCUT2D eigenvalue weighted by molar-refractivity contribution is 5.89. The Morgan fingerprint density at radius 3 is 2.59 bits per heavy atom. The predicted octanol–water partition coefficient (Wildman–Crippen LogP) is 3.46. The van der Waals surface area contributed by atoms with Gasteiger partial charge in [-0.25, -0.2) is 4.79 Å². The molecule has 2 unspecified atom stereocenters. The van der Waals surface area contributed by atoms with E-state index in [1.54, 1.807) is 19.2 Å². The molecular formula is C30H40N2O5. The molecule has 1 saturated heterocycles. The maximum Gasteiger partial charge on any atom is 0.343 e. The highest BCUT2D eigenvalue weighted by Crippen LogP contribution is 2.37. The lowest BCUT2D eigenvalue weighted by Gasteiger charge is -2.43. The summed E-state index contributed by atoms with van der Waals surface area (Å²) in [6.45, 7) is 14.8. The van der Waals surface area contributed by atoms with Gasteiger partial charge in [0.25, 0.3) is 0 Å². The molecule has 0 saturated carbocycles. The van der Waals surface area contributed by atoms with Gasteiger partial charge in [-0.05, 0) is 31.7 Å². The number of ether oxygens (including phenoxy) is 3. The minimum Gasteiger partial charge on any atom is -0.487 e.